The average molecular weight is 363 g/mol. The summed E-state index contributed by atoms with van der Waals surface area (Å²) in [7, 11) is 0. The third kappa shape index (κ3) is 4.31. The van der Waals surface area contributed by atoms with Crippen molar-refractivity contribution in [3.05, 3.63) is 96.1 Å². The molecule has 0 spiro atoms. The van der Waals surface area contributed by atoms with Gasteiger partial charge in [0.25, 0.3) is 5.91 Å². The van der Waals surface area contributed by atoms with E-state index >= 15 is 0 Å². The predicted octanol–water partition coefficient (Wildman–Crippen LogP) is 4.19. The van der Waals surface area contributed by atoms with Gasteiger partial charge in [-0.05, 0) is 43.2 Å². The van der Waals surface area contributed by atoms with E-state index in [1.807, 2.05) is 37.3 Å². The number of nitrogens with zero attached hydrogens (tertiary/aromatic N) is 3. The number of rotatable bonds is 7. The molecule has 3 rings (SSSR count). The lowest BCUT2D eigenvalue weighted by Gasteiger charge is -2.21. The van der Waals surface area contributed by atoms with Crippen molar-refractivity contribution in [1.29, 1.82) is 0 Å². The molecule has 1 heterocycles. The number of amides is 1. The summed E-state index contributed by atoms with van der Waals surface area (Å²) in [6.07, 6.45) is 4.06. The molecule has 5 heteroatoms. The second-order valence-electron chi connectivity index (χ2n) is 6.31. The SMILES string of the molecule is C=CCN(CCc1ccccc1)C(=O)c1cnn(-c2ccc(F)cc2)c1C. The number of carbonyl (C=O) groups excluding carboxylic acids is 1. The van der Waals surface area contributed by atoms with Crippen molar-refractivity contribution in [2.24, 2.45) is 0 Å². The van der Waals surface area contributed by atoms with Gasteiger partial charge in [0.05, 0.1) is 23.1 Å². The van der Waals surface area contributed by atoms with Crippen LogP contribution in [0.25, 0.3) is 5.69 Å². The summed E-state index contributed by atoms with van der Waals surface area (Å²) < 4.78 is 14.8. The molecule has 0 saturated heterocycles. The van der Waals surface area contributed by atoms with Gasteiger partial charge in [-0.15, -0.1) is 6.58 Å². The molecule has 2 aromatic carbocycles. The van der Waals surface area contributed by atoms with Gasteiger partial charge in [-0.25, -0.2) is 9.07 Å². The predicted molar refractivity (Wildman–Crippen MR) is 105 cm³/mol. The van der Waals surface area contributed by atoms with Crippen molar-refractivity contribution in [3.8, 4) is 5.69 Å². The highest BCUT2D eigenvalue weighted by atomic mass is 19.1. The van der Waals surface area contributed by atoms with Crippen molar-refractivity contribution in [2.75, 3.05) is 13.1 Å². The Morgan fingerprint density at radius 1 is 1.19 bits per heavy atom. The molecule has 0 unspecified atom stereocenters. The van der Waals surface area contributed by atoms with Crippen LogP contribution in [0.15, 0.2) is 73.4 Å². The highest BCUT2D eigenvalue weighted by Crippen LogP contribution is 2.17. The Morgan fingerprint density at radius 2 is 1.89 bits per heavy atom. The minimum absolute atomic E-state index is 0.0864. The molecule has 1 amide bonds. The van der Waals surface area contributed by atoms with Crippen molar-refractivity contribution in [2.45, 2.75) is 13.3 Å². The first-order chi connectivity index (χ1) is 13.1. The third-order valence-electron chi connectivity index (χ3n) is 4.46. The van der Waals surface area contributed by atoms with E-state index in [1.165, 1.54) is 17.7 Å². The first-order valence-electron chi connectivity index (χ1n) is 8.85. The van der Waals surface area contributed by atoms with Gasteiger partial charge < -0.3 is 4.90 Å². The maximum atomic E-state index is 13.2. The molecule has 0 aliphatic carbocycles. The van der Waals surface area contributed by atoms with Gasteiger partial charge in [-0.2, -0.15) is 5.10 Å². The number of carbonyl (C=O) groups is 1. The molecule has 0 aliphatic heterocycles. The minimum Gasteiger partial charge on any atom is -0.334 e. The summed E-state index contributed by atoms with van der Waals surface area (Å²) in [6.45, 7) is 6.66. The third-order valence-corrected chi connectivity index (χ3v) is 4.46. The second-order valence-corrected chi connectivity index (χ2v) is 6.31. The van der Waals surface area contributed by atoms with Crippen molar-refractivity contribution in [3.63, 3.8) is 0 Å². The molecule has 27 heavy (non-hydrogen) atoms. The van der Waals surface area contributed by atoms with Gasteiger partial charge in [0.1, 0.15) is 5.82 Å². The highest BCUT2D eigenvalue weighted by molar-refractivity contribution is 5.95. The number of hydrogen-bond donors (Lipinski definition) is 0. The van der Waals surface area contributed by atoms with E-state index in [4.69, 9.17) is 0 Å². The maximum Gasteiger partial charge on any atom is 0.257 e. The number of benzene rings is 2. The average Bonchev–Trinajstić information content (AvgIpc) is 3.07. The van der Waals surface area contributed by atoms with Crippen LogP contribution in [0, 0.1) is 12.7 Å². The van der Waals surface area contributed by atoms with Crippen LogP contribution in [0.1, 0.15) is 21.6 Å². The van der Waals surface area contributed by atoms with E-state index in [0.717, 1.165) is 12.1 Å². The molecule has 0 bridgehead atoms. The largest absolute Gasteiger partial charge is 0.334 e. The fourth-order valence-electron chi connectivity index (χ4n) is 2.97. The first-order valence-corrected chi connectivity index (χ1v) is 8.85. The Balaban J connectivity index is 1.79. The molecular weight excluding hydrogens is 341 g/mol. The Hall–Kier alpha value is -3.21. The normalized spacial score (nSPS) is 10.6. The molecule has 0 fully saturated rings. The zero-order valence-electron chi connectivity index (χ0n) is 15.3. The van der Waals surface area contributed by atoms with Gasteiger partial charge in [0, 0.05) is 13.1 Å². The van der Waals surface area contributed by atoms with Gasteiger partial charge in [-0.3, -0.25) is 4.79 Å². The summed E-state index contributed by atoms with van der Waals surface area (Å²) in [5.74, 6) is -0.394. The Kier molecular flexibility index (Phi) is 5.81. The minimum atomic E-state index is -0.307. The van der Waals surface area contributed by atoms with Crippen LogP contribution < -0.4 is 0 Å². The van der Waals surface area contributed by atoms with E-state index in [0.29, 0.717) is 24.3 Å². The van der Waals surface area contributed by atoms with Gasteiger partial charge >= 0.3 is 0 Å². The molecule has 0 aliphatic rings. The van der Waals surface area contributed by atoms with Gasteiger partial charge in [0.15, 0.2) is 0 Å². The highest BCUT2D eigenvalue weighted by Gasteiger charge is 2.20. The topological polar surface area (TPSA) is 38.1 Å². The lowest BCUT2D eigenvalue weighted by atomic mass is 10.1. The number of halogens is 1. The van der Waals surface area contributed by atoms with Crippen LogP contribution in [-0.2, 0) is 6.42 Å². The zero-order valence-corrected chi connectivity index (χ0v) is 15.3. The lowest BCUT2D eigenvalue weighted by molar-refractivity contribution is 0.0775. The van der Waals surface area contributed by atoms with E-state index in [9.17, 15) is 9.18 Å². The molecule has 3 aromatic rings. The van der Waals surface area contributed by atoms with E-state index in [-0.39, 0.29) is 11.7 Å². The summed E-state index contributed by atoms with van der Waals surface area (Å²) >= 11 is 0. The fourth-order valence-corrected chi connectivity index (χ4v) is 2.97. The smallest absolute Gasteiger partial charge is 0.257 e. The molecule has 0 saturated carbocycles. The van der Waals surface area contributed by atoms with E-state index in [2.05, 4.69) is 11.7 Å². The molecule has 0 atom stereocenters. The standard InChI is InChI=1S/C22H22FN3O/c1-3-14-25(15-13-18-7-5-4-6-8-18)22(27)21-16-24-26(17(21)2)20-11-9-19(23)10-12-20/h3-12,16H,1,13-15H2,2H3. The van der Waals surface area contributed by atoms with E-state index in [1.54, 1.807) is 34.0 Å². The Bertz CT molecular complexity index is 916. The number of hydrogen-bond acceptors (Lipinski definition) is 2. The van der Waals surface area contributed by atoms with Crippen LogP contribution in [0.5, 0.6) is 0 Å². The van der Waals surface area contributed by atoms with Crippen LogP contribution in [0.3, 0.4) is 0 Å². The summed E-state index contributed by atoms with van der Waals surface area (Å²) in [5, 5.41) is 4.32. The van der Waals surface area contributed by atoms with E-state index < -0.39 is 0 Å². The first kappa shape index (κ1) is 18.6. The molecule has 138 valence electrons. The van der Waals surface area contributed by atoms with Crippen LogP contribution in [0.4, 0.5) is 4.39 Å². The molecular formula is C22H22FN3O. The monoisotopic (exact) mass is 363 g/mol. The van der Waals surface area contributed by atoms with Crippen LogP contribution in [0.2, 0.25) is 0 Å². The zero-order chi connectivity index (χ0) is 19.2. The van der Waals surface area contributed by atoms with Gasteiger partial charge in [0.2, 0.25) is 0 Å². The van der Waals surface area contributed by atoms with Crippen molar-refractivity contribution >= 4 is 5.91 Å². The molecule has 4 nitrogen and oxygen atoms in total. The van der Waals surface area contributed by atoms with Crippen LogP contribution >= 0.6 is 0 Å². The Morgan fingerprint density at radius 3 is 2.56 bits per heavy atom. The number of aromatic nitrogens is 2. The Labute approximate surface area is 158 Å². The second kappa shape index (κ2) is 8.45. The molecule has 1 aromatic heterocycles. The maximum absolute atomic E-state index is 13.2. The quantitative estimate of drug-likeness (QED) is 0.590. The fraction of sp³-hybridized carbons (Fsp3) is 0.182. The summed E-state index contributed by atoms with van der Waals surface area (Å²) in [5.41, 5.74) is 3.15. The van der Waals surface area contributed by atoms with Crippen molar-refractivity contribution < 1.29 is 9.18 Å². The van der Waals surface area contributed by atoms with Crippen LogP contribution in [-0.4, -0.2) is 33.7 Å². The molecule has 0 radical (unpaired) electrons. The summed E-state index contributed by atoms with van der Waals surface area (Å²) in [6, 6.07) is 16.1. The molecule has 0 N–H and O–H groups in total. The lowest BCUT2D eigenvalue weighted by Crippen LogP contribution is -2.33. The van der Waals surface area contributed by atoms with Crippen molar-refractivity contribution in [1.82, 2.24) is 14.7 Å². The van der Waals surface area contributed by atoms with Gasteiger partial charge in [-0.1, -0.05) is 36.4 Å². The summed E-state index contributed by atoms with van der Waals surface area (Å²) in [4.78, 5) is 14.8.